The summed E-state index contributed by atoms with van der Waals surface area (Å²) in [7, 11) is 0. The molecule has 6 nitrogen and oxygen atoms in total. The van der Waals surface area contributed by atoms with Crippen molar-refractivity contribution < 1.29 is 4.52 Å². The van der Waals surface area contributed by atoms with Gasteiger partial charge in [-0.15, -0.1) is 10.2 Å². The van der Waals surface area contributed by atoms with E-state index in [9.17, 15) is 0 Å². The van der Waals surface area contributed by atoms with Crippen LogP contribution in [0.25, 0.3) is 10.9 Å². The summed E-state index contributed by atoms with van der Waals surface area (Å²) in [5.41, 5.74) is 1.66. The molecule has 0 saturated carbocycles. The molecular weight excluding hydrogens is 242 g/mol. The van der Waals surface area contributed by atoms with Crippen molar-refractivity contribution in [1.29, 1.82) is 5.26 Å². The van der Waals surface area contributed by atoms with Gasteiger partial charge in [0.1, 0.15) is 6.07 Å². The van der Waals surface area contributed by atoms with Crippen LogP contribution in [0, 0.1) is 11.3 Å². The van der Waals surface area contributed by atoms with Crippen molar-refractivity contribution in [1.82, 2.24) is 15.4 Å². The number of anilines is 1. The zero-order valence-electron chi connectivity index (χ0n) is 9.87. The molecule has 0 bridgehead atoms. The maximum absolute atomic E-state index is 9.11. The fraction of sp³-hybridized carbons (Fsp3) is 0.0769. The summed E-state index contributed by atoms with van der Waals surface area (Å²) in [5, 5.41) is 24.7. The lowest BCUT2D eigenvalue weighted by Crippen LogP contribution is -2.04. The van der Waals surface area contributed by atoms with Crippen molar-refractivity contribution in [3.8, 4) is 6.07 Å². The van der Waals surface area contributed by atoms with Crippen molar-refractivity contribution in [2.24, 2.45) is 0 Å². The highest BCUT2D eigenvalue weighted by Crippen LogP contribution is 2.24. The van der Waals surface area contributed by atoms with Crippen LogP contribution in [0.3, 0.4) is 0 Å². The van der Waals surface area contributed by atoms with Crippen molar-refractivity contribution in [3.63, 3.8) is 0 Å². The van der Waals surface area contributed by atoms with Gasteiger partial charge in [-0.3, -0.25) is 0 Å². The van der Waals surface area contributed by atoms with Gasteiger partial charge in [0, 0.05) is 11.5 Å². The Morgan fingerprint density at radius 2 is 2.11 bits per heavy atom. The molecule has 0 radical (unpaired) electrons. The Kier molecular flexibility index (Phi) is 2.79. The molecule has 2 aromatic heterocycles. The van der Waals surface area contributed by atoms with Crippen LogP contribution >= 0.6 is 0 Å². The molecule has 0 amide bonds. The zero-order chi connectivity index (χ0) is 13.1. The van der Waals surface area contributed by atoms with E-state index >= 15 is 0 Å². The molecule has 0 unspecified atom stereocenters. The number of benzene rings is 1. The highest BCUT2D eigenvalue weighted by molar-refractivity contribution is 5.92. The first-order chi connectivity index (χ1) is 9.38. The molecule has 0 aliphatic heterocycles. The van der Waals surface area contributed by atoms with E-state index in [-0.39, 0.29) is 5.69 Å². The highest BCUT2D eigenvalue weighted by Gasteiger charge is 2.10. The summed E-state index contributed by atoms with van der Waals surface area (Å²) in [4.78, 5) is 0. The summed E-state index contributed by atoms with van der Waals surface area (Å²) < 4.78 is 5.01. The fourth-order valence-electron chi connectivity index (χ4n) is 1.82. The first kappa shape index (κ1) is 11.2. The number of nitriles is 1. The third kappa shape index (κ3) is 2.09. The number of hydrogen-bond donors (Lipinski definition) is 1. The van der Waals surface area contributed by atoms with Crippen LogP contribution < -0.4 is 5.32 Å². The van der Waals surface area contributed by atoms with Crippen molar-refractivity contribution in [2.45, 2.75) is 6.54 Å². The maximum atomic E-state index is 9.11. The summed E-state index contributed by atoms with van der Waals surface area (Å²) >= 11 is 0. The number of aromatic nitrogens is 3. The number of hydrogen-bond acceptors (Lipinski definition) is 6. The molecular formula is C13H9N5O. The van der Waals surface area contributed by atoms with Gasteiger partial charge >= 0.3 is 0 Å². The van der Waals surface area contributed by atoms with Gasteiger partial charge in [-0.1, -0.05) is 23.4 Å². The van der Waals surface area contributed by atoms with Crippen LogP contribution in [-0.2, 0) is 6.54 Å². The molecule has 92 valence electrons. The van der Waals surface area contributed by atoms with E-state index in [0.29, 0.717) is 18.0 Å². The average molecular weight is 251 g/mol. The molecule has 0 aliphatic rings. The molecule has 1 aromatic carbocycles. The predicted octanol–water partition coefficient (Wildman–Crippen LogP) is 2.10. The van der Waals surface area contributed by atoms with Gasteiger partial charge < -0.3 is 9.84 Å². The minimum absolute atomic E-state index is 0.262. The second-order valence-corrected chi connectivity index (χ2v) is 3.88. The lowest BCUT2D eigenvalue weighted by atomic mass is 10.1. The Labute approximate surface area is 108 Å². The summed E-state index contributed by atoms with van der Waals surface area (Å²) in [6.07, 6.45) is 1.57. The summed E-state index contributed by atoms with van der Waals surface area (Å²) in [6.45, 7) is 0.435. The predicted molar refractivity (Wildman–Crippen MR) is 68.1 cm³/mol. The van der Waals surface area contributed by atoms with Crippen LogP contribution in [0.15, 0.2) is 41.1 Å². The summed E-state index contributed by atoms with van der Waals surface area (Å²) in [6, 6.07) is 11.3. The van der Waals surface area contributed by atoms with Gasteiger partial charge in [-0.25, -0.2) is 0 Å². The lowest BCUT2D eigenvalue weighted by Gasteiger charge is -2.08. The molecule has 0 saturated heterocycles. The fourth-order valence-corrected chi connectivity index (χ4v) is 1.82. The first-order valence-electron chi connectivity index (χ1n) is 5.67. The molecule has 19 heavy (non-hydrogen) atoms. The number of fused-ring (bicyclic) bond motifs is 1. The molecule has 6 heteroatoms. The topological polar surface area (TPSA) is 87.6 Å². The van der Waals surface area contributed by atoms with Crippen LogP contribution in [0.5, 0.6) is 0 Å². The SMILES string of the molecule is N#Cc1nnc2ccccc2c1NCc1ccno1. The third-order valence-electron chi connectivity index (χ3n) is 2.70. The van der Waals surface area contributed by atoms with Gasteiger partial charge in [0.15, 0.2) is 11.5 Å². The Hall–Kier alpha value is -2.94. The monoisotopic (exact) mass is 251 g/mol. The van der Waals surface area contributed by atoms with Crippen LogP contribution in [-0.4, -0.2) is 15.4 Å². The highest BCUT2D eigenvalue weighted by atomic mass is 16.5. The molecule has 0 aliphatic carbocycles. The van der Waals surface area contributed by atoms with Gasteiger partial charge in [0.05, 0.1) is 23.9 Å². The lowest BCUT2D eigenvalue weighted by molar-refractivity contribution is 0.388. The Morgan fingerprint density at radius 1 is 1.21 bits per heavy atom. The maximum Gasteiger partial charge on any atom is 0.186 e. The molecule has 0 atom stereocenters. The summed E-state index contributed by atoms with van der Waals surface area (Å²) in [5.74, 6) is 0.685. The largest absolute Gasteiger partial charge is 0.375 e. The van der Waals surface area contributed by atoms with Crippen molar-refractivity contribution >= 4 is 16.6 Å². The average Bonchev–Trinajstić information content (AvgIpc) is 2.97. The van der Waals surface area contributed by atoms with Gasteiger partial charge in [-0.05, 0) is 6.07 Å². The first-order valence-corrected chi connectivity index (χ1v) is 5.67. The number of rotatable bonds is 3. The second-order valence-electron chi connectivity index (χ2n) is 3.88. The van der Waals surface area contributed by atoms with Crippen molar-refractivity contribution in [3.05, 3.63) is 48.0 Å². The molecule has 2 heterocycles. The van der Waals surface area contributed by atoms with Crippen molar-refractivity contribution in [2.75, 3.05) is 5.32 Å². The minimum atomic E-state index is 0.262. The second kappa shape index (κ2) is 4.74. The molecule has 1 N–H and O–H groups in total. The third-order valence-corrected chi connectivity index (χ3v) is 2.70. The smallest absolute Gasteiger partial charge is 0.186 e. The molecule has 3 rings (SSSR count). The zero-order valence-corrected chi connectivity index (χ0v) is 9.87. The molecule has 0 spiro atoms. The molecule has 0 fully saturated rings. The van der Waals surface area contributed by atoms with E-state index in [1.54, 1.807) is 12.3 Å². The quantitative estimate of drug-likeness (QED) is 0.766. The van der Waals surface area contributed by atoms with Gasteiger partial charge in [0.2, 0.25) is 0 Å². The van der Waals surface area contributed by atoms with Crippen LogP contribution in [0.1, 0.15) is 11.5 Å². The standard InChI is InChI=1S/C13H9N5O/c14-7-12-13(15-8-9-5-6-16-19-9)10-3-1-2-4-11(10)17-18-12/h1-6H,8H2,(H,15,17). The van der Waals surface area contributed by atoms with Gasteiger partial charge in [-0.2, -0.15) is 5.26 Å². The normalized spacial score (nSPS) is 10.3. The van der Waals surface area contributed by atoms with E-state index < -0.39 is 0 Å². The number of nitrogens with zero attached hydrogens (tertiary/aromatic N) is 4. The molecule has 3 aromatic rings. The van der Waals surface area contributed by atoms with Crippen LogP contribution in [0.4, 0.5) is 5.69 Å². The Bertz CT molecular complexity index is 745. The minimum Gasteiger partial charge on any atom is -0.375 e. The van der Waals surface area contributed by atoms with Crippen LogP contribution in [0.2, 0.25) is 0 Å². The Balaban J connectivity index is 2.02. The van der Waals surface area contributed by atoms with Gasteiger partial charge in [0.25, 0.3) is 0 Å². The van der Waals surface area contributed by atoms with E-state index in [1.165, 1.54) is 0 Å². The Morgan fingerprint density at radius 3 is 2.89 bits per heavy atom. The van der Waals surface area contributed by atoms with E-state index in [0.717, 1.165) is 10.9 Å². The van der Waals surface area contributed by atoms with E-state index in [4.69, 9.17) is 9.78 Å². The number of nitrogens with one attached hydrogen (secondary N) is 1. The van der Waals surface area contributed by atoms with E-state index in [1.807, 2.05) is 30.3 Å². The van der Waals surface area contributed by atoms with E-state index in [2.05, 4.69) is 20.7 Å².